The van der Waals surface area contributed by atoms with Gasteiger partial charge in [0.25, 0.3) is 0 Å². The molecular formula is C20H15ClOS. The van der Waals surface area contributed by atoms with Crippen molar-refractivity contribution in [2.45, 2.75) is 17.1 Å². The lowest BCUT2D eigenvalue weighted by molar-refractivity contribution is 0.459. The van der Waals surface area contributed by atoms with Crippen LogP contribution in [0.5, 0.6) is 11.5 Å². The van der Waals surface area contributed by atoms with Gasteiger partial charge in [-0.3, -0.25) is 0 Å². The third-order valence-electron chi connectivity index (χ3n) is 3.95. The predicted molar refractivity (Wildman–Crippen MR) is 96.8 cm³/mol. The number of halogens is 1. The monoisotopic (exact) mass is 338 g/mol. The highest BCUT2D eigenvalue weighted by atomic mass is 35.5. The fraction of sp³-hybridized carbons (Fsp3) is 0.100. The molecule has 3 aromatic carbocycles. The van der Waals surface area contributed by atoms with Crippen molar-refractivity contribution in [2.75, 3.05) is 0 Å². The van der Waals surface area contributed by atoms with Gasteiger partial charge in [-0.15, -0.1) is 11.8 Å². The summed E-state index contributed by atoms with van der Waals surface area (Å²) in [7, 11) is 0. The SMILES string of the molecule is Cc1ccc(SC2c3ccccc3Oc3ccc(Cl)cc32)cc1. The van der Waals surface area contributed by atoms with Crippen LogP contribution in [0.3, 0.4) is 0 Å². The molecule has 0 saturated carbocycles. The maximum atomic E-state index is 6.23. The molecular weight excluding hydrogens is 324 g/mol. The van der Waals surface area contributed by atoms with Gasteiger partial charge < -0.3 is 4.74 Å². The lowest BCUT2D eigenvalue weighted by Crippen LogP contribution is -2.07. The van der Waals surface area contributed by atoms with E-state index in [1.54, 1.807) is 0 Å². The first-order valence-electron chi connectivity index (χ1n) is 7.50. The predicted octanol–water partition coefficient (Wildman–Crippen LogP) is 6.64. The largest absolute Gasteiger partial charge is 0.457 e. The van der Waals surface area contributed by atoms with Gasteiger partial charge in [0.1, 0.15) is 11.5 Å². The normalized spacial score (nSPS) is 15.5. The zero-order valence-electron chi connectivity index (χ0n) is 12.6. The first-order valence-corrected chi connectivity index (χ1v) is 8.76. The van der Waals surface area contributed by atoms with Crippen LogP contribution in [0.2, 0.25) is 5.02 Å². The fourth-order valence-corrected chi connectivity index (χ4v) is 4.15. The van der Waals surface area contributed by atoms with E-state index in [1.807, 2.05) is 42.1 Å². The van der Waals surface area contributed by atoms with Crippen LogP contribution in [0.1, 0.15) is 21.9 Å². The van der Waals surface area contributed by atoms with Crippen LogP contribution in [0.25, 0.3) is 0 Å². The Morgan fingerprint density at radius 2 is 1.61 bits per heavy atom. The van der Waals surface area contributed by atoms with Crippen molar-refractivity contribution in [3.63, 3.8) is 0 Å². The Morgan fingerprint density at radius 1 is 0.870 bits per heavy atom. The highest BCUT2D eigenvalue weighted by Crippen LogP contribution is 2.51. The van der Waals surface area contributed by atoms with Gasteiger partial charge in [0, 0.05) is 21.0 Å². The van der Waals surface area contributed by atoms with Gasteiger partial charge in [-0.1, -0.05) is 47.5 Å². The Bertz CT molecular complexity index is 858. The Balaban J connectivity index is 1.81. The second kappa shape index (κ2) is 5.95. The summed E-state index contributed by atoms with van der Waals surface area (Å²) in [5, 5.41) is 0.914. The molecule has 0 bridgehead atoms. The van der Waals surface area contributed by atoms with Gasteiger partial charge in [0.2, 0.25) is 0 Å². The summed E-state index contributed by atoms with van der Waals surface area (Å²) >= 11 is 8.06. The minimum Gasteiger partial charge on any atom is -0.457 e. The van der Waals surface area contributed by atoms with Crippen molar-refractivity contribution >= 4 is 23.4 Å². The zero-order valence-corrected chi connectivity index (χ0v) is 14.2. The van der Waals surface area contributed by atoms with E-state index < -0.39 is 0 Å². The van der Waals surface area contributed by atoms with E-state index in [0.29, 0.717) is 0 Å². The number of ether oxygens (including phenoxy) is 1. The van der Waals surface area contributed by atoms with Crippen LogP contribution in [0, 0.1) is 6.92 Å². The number of fused-ring (bicyclic) bond motifs is 2. The lowest BCUT2D eigenvalue weighted by Gasteiger charge is -2.28. The average Bonchev–Trinajstić information content (AvgIpc) is 2.57. The van der Waals surface area contributed by atoms with E-state index in [0.717, 1.165) is 22.1 Å². The smallest absolute Gasteiger partial charge is 0.132 e. The molecule has 0 aromatic heterocycles. The summed E-state index contributed by atoms with van der Waals surface area (Å²) in [6, 6.07) is 22.7. The molecule has 114 valence electrons. The maximum Gasteiger partial charge on any atom is 0.132 e. The van der Waals surface area contributed by atoms with Crippen LogP contribution in [0.4, 0.5) is 0 Å². The van der Waals surface area contributed by atoms with Crippen molar-refractivity contribution < 1.29 is 4.74 Å². The van der Waals surface area contributed by atoms with E-state index >= 15 is 0 Å². The van der Waals surface area contributed by atoms with Crippen LogP contribution in [-0.2, 0) is 0 Å². The Morgan fingerprint density at radius 3 is 2.43 bits per heavy atom. The molecule has 0 fully saturated rings. The Hall–Kier alpha value is -1.90. The number of benzene rings is 3. The molecule has 3 aromatic rings. The summed E-state index contributed by atoms with van der Waals surface area (Å²) in [4.78, 5) is 1.24. The molecule has 1 nitrogen and oxygen atoms in total. The summed E-state index contributed by atoms with van der Waals surface area (Å²) in [6.07, 6.45) is 0. The molecule has 1 heterocycles. The first-order chi connectivity index (χ1) is 11.2. The molecule has 4 rings (SSSR count). The highest BCUT2D eigenvalue weighted by Gasteiger charge is 2.28. The minimum absolute atomic E-state index is 0.177. The molecule has 0 aliphatic carbocycles. The molecule has 0 N–H and O–H groups in total. The lowest BCUT2D eigenvalue weighted by atomic mass is 10.00. The molecule has 0 saturated heterocycles. The van der Waals surface area contributed by atoms with E-state index in [4.69, 9.17) is 16.3 Å². The highest BCUT2D eigenvalue weighted by molar-refractivity contribution is 7.99. The standard InChI is InChI=1S/C20H15ClOS/c1-13-6-9-15(10-7-13)23-20-16-4-2-3-5-18(16)22-19-11-8-14(21)12-17(19)20/h2-12,20H,1H3. The molecule has 1 unspecified atom stereocenters. The van der Waals surface area contributed by atoms with Gasteiger partial charge in [-0.05, 0) is 43.3 Å². The Labute approximate surface area is 145 Å². The quantitative estimate of drug-likeness (QED) is 0.518. The van der Waals surface area contributed by atoms with Crippen molar-refractivity contribution in [3.8, 4) is 11.5 Å². The number of hydrogen-bond acceptors (Lipinski definition) is 2. The van der Waals surface area contributed by atoms with Crippen LogP contribution in [0.15, 0.2) is 71.6 Å². The van der Waals surface area contributed by atoms with Gasteiger partial charge in [0.05, 0.1) is 5.25 Å². The van der Waals surface area contributed by atoms with Crippen molar-refractivity contribution in [2.24, 2.45) is 0 Å². The Kier molecular flexibility index (Phi) is 3.80. The zero-order chi connectivity index (χ0) is 15.8. The third kappa shape index (κ3) is 2.85. The van der Waals surface area contributed by atoms with Gasteiger partial charge in [-0.25, -0.2) is 0 Å². The van der Waals surface area contributed by atoms with E-state index in [9.17, 15) is 0 Å². The third-order valence-corrected chi connectivity index (χ3v) is 5.47. The van der Waals surface area contributed by atoms with Crippen molar-refractivity contribution in [1.82, 2.24) is 0 Å². The van der Waals surface area contributed by atoms with E-state index in [-0.39, 0.29) is 5.25 Å². The van der Waals surface area contributed by atoms with Gasteiger partial charge in [-0.2, -0.15) is 0 Å². The second-order valence-electron chi connectivity index (χ2n) is 5.63. The van der Waals surface area contributed by atoms with Crippen LogP contribution in [-0.4, -0.2) is 0 Å². The molecule has 1 aliphatic rings. The fourth-order valence-electron chi connectivity index (χ4n) is 2.77. The number of hydrogen-bond donors (Lipinski definition) is 0. The second-order valence-corrected chi connectivity index (χ2v) is 7.25. The molecule has 0 radical (unpaired) electrons. The van der Waals surface area contributed by atoms with Crippen LogP contribution < -0.4 is 4.74 Å². The molecule has 0 amide bonds. The summed E-state index contributed by atoms with van der Waals surface area (Å²) in [5.41, 5.74) is 3.58. The molecule has 23 heavy (non-hydrogen) atoms. The summed E-state index contributed by atoms with van der Waals surface area (Å²) < 4.78 is 6.05. The van der Waals surface area contributed by atoms with Gasteiger partial charge in [0.15, 0.2) is 0 Å². The van der Waals surface area contributed by atoms with Crippen molar-refractivity contribution in [3.05, 3.63) is 88.4 Å². The topological polar surface area (TPSA) is 9.23 Å². The number of thioether (sulfide) groups is 1. The minimum atomic E-state index is 0.177. The summed E-state index contributed by atoms with van der Waals surface area (Å²) in [5.74, 6) is 1.81. The van der Waals surface area contributed by atoms with E-state index in [1.165, 1.54) is 16.0 Å². The van der Waals surface area contributed by atoms with Gasteiger partial charge >= 0.3 is 0 Å². The number of rotatable bonds is 2. The maximum absolute atomic E-state index is 6.23. The molecule has 1 atom stereocenters. The number of para-hydroxylation sites is 1. The first kappa shape index (κ1) is 14.7. The number of aryl methyl sites for hydroxylation is 1. The molecule has 1 aliphatic heterocycles. The average molecular weight is 339 g/mol. The summed E-state index contributed by atoms with van der Waals surface area (Å²) in [6.45, 7) is 2.10. The molecule has 0 spiro atoms. The van der Waals surface area contributed by atoms with Crippen molar-refractivity contribution in [1.29, 1.82) is 0 Å². The molecule has 3 heteroatoms. The van der Waals surface area contributed by atoms with E-state index in [2.05, 4.69) is 43.3 Å². The van der Waals surface area contributed by atoms with Crippen LogP contribution >= 0.6 is 23.4 Å².